The minimum Gasteiger partial charge on any atom is -0.351 e. The smallest absolute Gasteiger partial charge is 0.251 e. The molecule has 1 saturated heterocycles. The molecule has 9 nitrogen and oxygen atoms in total. The first-order valence-corrected chi connectivity index (χ1v) is 16.3. The Bertz CT molecular complexity index is 1690. The summed E-state index contributed by atoms with van der Waals surface area (Å²) in [7, 11) is -1.44. The van der Waals surface area contributed by atoms with Gasteiger partial charge in [0, 0.05) is 69.7 Å². The van der Waals surface area contributed by atoms with E-state index in [1.807, 2.05) is 0 Å². The van der Waals surface area contributed by atoms with Gasteiger partial charge in [0.05, 0.1) is 6.57 Å². The van der Waals surface area contributed by atoms with Crippen molar-refractivity contribution in [2.24, 2.45) is 0 Å². The summed E-state index contributed by atoms with van der Waals surface area (Å²) in [4.78, 5) is 52.7. The third-order valence-electron chi connectivity index (χ3n) is 8.04. The maximum Gasteiger partial charge on any atom is 0.251 e. The highest BCUT2D eigenvalue weighted by Crippen LogP contribution is 2.38. The number of benzene rings is 2. The highest BCUT2D eigenvalue weighted by Gasteiger charge is 2.45. The monoisotopic (exact) mass is 653 g/mol. The number of carbonyl (C=O) groups is 3. The number of aromatic nitrogens is 1. The molecule has 1 saturated carbocycles. The van der Waals surface area contributed by atoms with Gasteiger partial charge in [-0.2, -0.15) is 0 Å². The normalized spacial score (nSPS) is 19.4. The van der Waals surface area contributed by atoms with Crippen LogP contribution in [0.2, 0.25) is 5.02 Å². The molecule has 45 heavy (non-hydrogen) atoms. The Hall–Kier alpha value is -4.21. The first kappa shape index (κ1) is 32.2. The van der Waals surface area contributed by atoms with E-state index in [1.165, 1.54) is 40.5 Å². The minimum atomic E-state index is -2.81. The van der Waals surface area contributed by atoms with Crippen LogP contribution in [0, 0.1) is 6.57 Å². The van der Waals surface area contributed by atoms with Gasteiger partial charge in [0.15, 0.2) is 5.69 Å². The molecule has 2 aromatic carbocycles. The zero-order valence-corrected chi connectivity index (χ0v) is 25.9. The number of pyridine rings is 1. The summed E-state index contributed by atoms with van der Waals surface area (Å²) in [5.74, 6) is -4.34. The van der Waals surface area contributed by atoms with Crippen molar-refractivity contribution in [3.63, 3.8) is 0 Å². The van der Waals surface area contributed by atoms with Crippen molar-refractivity contribution in [3.8, 4) is 0 Å². The van der Waals surface area contributed by atoms with Crippen LogP contribution in [-0.4, -0.2) is 51.2 Å². The van der Waals surface area contributed by atoms with Gasteiger partial charge >= 0.3 is 0 Å². The Morgan fingerprint density at radius 1 is 1.13 bits per heavy atom. The zero-order chi connectivity index (χ0) is 32.3. The fraction of sp³-hybridized carbons (Fsp3) is 0.344. The molecule has 1 N–H and O–H groups in total. The molecule has 5 rings (SSSR count). The summed E-state index contributed by atoms with van der Waals surface area (Å²) < 4.78 is 40.3. The van der Waals surface area contributed by atoms with E-state index < -0.39 is 46.7 Å². The Kier molecular flexibility index (Phi) is 9.60. The van der Waals surface area contributed by atoms with Gasteiger partial charge in [0.2, 0.25) is 17.7 Å². The molecule has 2 heterocycles. The molecule has 234 valence electrons. The number of anilines is 2. The van der Waals surface area contributed by atoms with Gasteiger partial charge in [-0.05, 0) is 55.7 Å². The maximum absolute atomic E-state index is 14.8. The molecule has 0 bridgehead atoms. The van der Waals surface area contributed by atoms with E-state index in [-0.39, 0.29) is 72.2 Å². The number of hydrogen-bond acceptors (Lipinski definition) is 5. The van der Waals surface area contributed by atoms with Crippen molar-refractivity contribution in [3.05, 3.63) is 88.9 Å². The second-order valence-electron chi connectivity index (χ2n) is 11.0. The molecular weight excluding hydrogens is 624 g/mol. The van der Waals surface area contributed by atoms with E-state index in [4.69, 9.17) is 18.2 Å². The van der Waals surface area contributed by atoms with Crippen LogP contribution in [0.3, 0.4) is 0 Å². The van der Waals surface area contributed by atoms with Crippen molar-refractivity contribution in [2.75, 3.05) is 16.1 Å². The van der Waals surface area contributed by atoms with E-state index >= 15 is 0 Å². The number of alkyl halides is 2. The van der Waals surface area contributed by atoms with Crippen LogP contribution < -0.4 is 15.1 Å². The lowest BCUT2D eigenvalue weighted by Crippen LogP contribution is -2.53. The third-order valence-corrected chi connectivity index (χ3v) is 9.30. The van der Waals surface area contributed by atoms with Crippen LogP contribution in [0.5, 0.6) is 0 Å². The van der Waals surface area contributed by atoms with E-state index in [2.05, 4.69) is 15.1 Å². The molecule has 13 heteroatoms. The van der Waals surface area contributed by atoms with Crippen LogP contribution >= 0.6 is 11.6 Å². The van der Waals surface area contributed by atoms with Gasteiger partial charge in [-0.15, -0.1) is 0 Å². The SMILES string of the molecule is [C-]#[N+]c1ccnc(N2C(=O)CC[C@H]2C(=O)N(c2cccc(S(C)=O)c2)C(C(=O)NC2CCC(F)(F)CC2)c2ccccc2Cl)c1. The summed E-state index contributed by atoms with van der Waals surface area (Å²) >= 11 is 6.63. The standard InChI is InChI=1S/C32H30ClF2N5O4S/c1-36-21-14-17-37-27(18-21)40-26(10-11-28(40)41)31(43)39(22-6-5-7-23(19-22)45(2)44)29(24-8-3-4-9-25(24)33)30(42)38-20-12-15-32(34,35)16-13-20/h3-9,14,17-20,26,29H,10-13,15-16H2,2H3,(H,38,42)/t26-,29?,45?/m0/s1. The lowest BCUT2D eigenvalue weighted by atomic mass is 9.91. The Morgan fingerprint density at radius 3 is 2.56 bits per heavy atom. The van der Waals surface area contributed by atoms with Crippen LogP contribution in [0.4, 0.5) is 26.0 Å². The molecule has 2 unspecified atom stereocenters. The van der Waals surface area contributed by atoms with Gasteiger partial charge in [0.25, 0.3) is 5.91 Å². The maximum atomic E-state index is 14.8. The highest BCUT2D eigenvalue weighted by atomic mass is 35.5. The van der Waals surface area contributed by atoms with Gasteiger partial charge in [-0.3, -0.25) is 28.4 Å². The Morgan fingerprint density at radius 2 is 1.87 bits per heavy atom. The minimum absolute atomic E-state index is 0.0203. The summed E-state index contributed by atoms with van der Waals surface area (Å²) in [5.41, 5.74) is 0.732. The van der Waals surface area contributed by atoms with E-state index in [0.29, 0.717) is 4.90 Å². The molecule has 0 spiro atoms. The number of nitrogens with zero attached hydrogens (tertiary/aromatic N) is 4. The Balaban J connectivity index is 1.62. The number of carbonyl (C=O) groups excluding carboxylic acids is 3. The van der Waals surface area contributed by atoms with Gasteiger partial charge < -0.3 is 5.32 Å². The van der Waals surface area contributed by atoms with Crippen molar-refractivity contribution in [1.29, 1.82) is 0 Å². The largest absolute Gasteiger partial charge is 0.351 e. The number of amides is 3. The highest BCUT2D eigenvalue weighted by molar-refractivity contribution is 7.84. The molecule has 2 fully saturated rings. The van der Waals surface area contributed by atoms with Crippen molar-refractivity contribution in [1.82, 2.24) is 10.3 Å². The molecular formula is C32H30ClF2N5O4S. The van der Waals surface area contributed by atoms with Gasteiger partial charge in [-0.25, -0.2) is 18.6 Å². The topological polar surface area (TPSA) is 104 Å². The Labute approximate surface area is 266 Å². The lowest BCUT2D eigenvalue weighted by molar-refractivity contribution is -0.128. The molecule has 1 aliphatic heterocycles. The molecule has 3 aromatic rings. The van der Waals surface area contributed by atoms with Crippen LogP contribution in [0.15, 0.2) is 71.8 Å². The fourth-order valence-corrected chi connectivity index (χ4v) is 6.55. The third kappa shape index (κ3) is 7.05. The number of rotatable bonds is 8. The first-order chi connectivity index (χ1) is 21.5. The number of hydrogen-bond donors (Lipinski definition) is 1. The second-order valence-corrected chi connectivity index (χ2v) is 12.8. The first-order valence-electron chi connectivity index (χ1n) is 14.3. The second kappa shape index (κ2) is 13.4. The van der Waals surface area contributed by atoms with Crippen LogP contribution in [-0.2, 0) is 25.2 Å². The summed E-state index contributed by atoms with van der Waals surface area (Å²) in [5, 5.41) is 3.06. The zero-order valence-electron chi connectivity index (χ0n) is 24.3. The predicted octanol–water partition coefficient (Wildman–Crippen LogP) is 5.99. The van der Waals surface area contributed by atoms with Crippen molar-refractivity contribution >= 4 is 57.3 Å². The summed E-state index contributed by atoms with van der Waals surface area (Å²) in [6.07, 6.45) is 2.34. The summed E-state index contributed by atoms with van der Waals surface area (Å²) in [6, 6.07) is 12.7. The molecule has 1 aromatic heterocycles. The van der Waals surface area contributed by atoms with Crippen LogP contribution in [0.25, 0.3) is 4.85 Å². The quantitative estimate of drug-likeness (QED) is 0.301. The van der Waals surface area contributed by atoms with Crippen molar-refractivity contribution in [2.45, 2.75) is 67.5 Å². The van der Waals surface area contributed by atoms with Crippen LogP contribution in [0.1, 0.15) is 50.1 Å². The average Bonchev–Trinajstić information content (AvgIpc) is 3.42. The van der Waals surface area contributed by atoms with Crippen molar-refractivity contribution < 1.29 is 27.4 Å². The number of halogens is 3. The van der Waals surface area contributed by atoms with E-state index in [0.717, 1.165) is 0 Å². The lowest BCUT2D eigenvalue weighted by Gasteiger charge is -2.37. The molecule has 3 atom stereocenters. The van der Waals surface area contributed by atoms with Gasteiger partial charge in [0.1, 0.15) is 17.9 Å². The van der Waals surface area contributed by atoms with E-state index in [9.17, 15) is 27.4 Å². The predicted molar refractivity (Wildman–Crippen MR) is 167 cm³/mol. The average molecular weight is 654 g/mol. The summed E-state index contributed by atoms with van der Waals surface area (Å²) in [6.45, 7) is 7.37. The number of nitrogens with one attached hydrogen (secondary N) is 1. The van der Waals surface area contributed by atoms with Gasteiger partial charge in [-0.1, -0.05) is 35.9 Å². The molecule has 1 aliphatic carbocycles. The molecule has 3 amide bonds. The molecule has 2 aliphatic rings. The van der Waals surface area contributed by atoms with E-state index in [1.54, 1.807) is 42.5 Å². The molecule has 0 radical (unpaired) electrons. The fourth-order valence-electron chi connectivity index (χ4n) is 5.75.